The van der Waals surface area contributed by atoms with Crippen molar-refractivity contribution >= 4 is 26.0 Å². The predicted molar refractivity (Wildman–Crippen MR) is 80.5 cm³/mol. The second kappa shape index (κ2) is 6.15. The van der Waals surface area contributed by atoms with Gasteiger partial charge in [-0.05, 0) is 32.1 Å². The van der Waals surface area contributed by atoms with Crippen molar-refractivity contribution in [3.63, 3.8) is 0 Å². The van der Waals surface area contributed by atoms with Gasteiger partial charge >= 0.3 is 0 Å². The number of aryl methyl sites for hydroxylation is 2. The number of nitrogens with one attached hydrogen (secondary N) is 1. The van der Waals surface area contributed by atoms with Crippen LogP contribution < -0.4 is 4.72 Å². The number of halogens is 1. The van der Waals surface area contributed by atoms with Gasteiger partial charge in [0.05, 0.1) is 0 Å². The van der Waals surface area contributed by atoms with Gasteiger partial charge in [0.15, 0.2) is 5.76 Å². The summed E-state index contributed by atoms with van der Waals surface area (Å²) in [5.41, 5.74) is 0.441. The summed E-state index contributed by atoms with van der Waals surface area (Å²) in [6.07, 6.45) is 5.69. The Balaban J connectivity index is 2.13. The molecule has 0 amide bonds. The highest BCUT2D eigenvalue weighted by molar-refractivity contribution is 9.09. The lowest BCUT2D eigenvalue weighted by molar-refractivity contribution is 0.227. The summed E-state index contributed by atoms with van der Waals surface area (Å²) in [4.78, 5) is 0.179. The number of hydrogen-bond donors (Lipinski definition) is 1. The third kappa shape index (κ3) is 3.26. The van der Waals surface area contributed by atoms with Gasteiger partial charge in [-0.1, -0.05) is 40.3 Å². The van der Waals surface area contributed by atoms with Crippen LogP contribution in [0.15, 0.2) is 9.42 Å². The molecule has 0 aliphatic heterocycles. The van der Waals surface area contributed by atoms with Crippen molar-refractivity contribution in [2.24, 2.45) is 5.41 Å². The monoisotopic (exact) mass is 364 g/mol. The Morgan fingerprint density at radius 3 is 2.45 bits per heavy atom. The van der Waals surface area contributed by atoms with Crippen LogP contribution in [0.5, 0.6) is 0 Å². The summed E-state index contributed by atoms with van der Waals surface area (Å²) in [5, 5.41) is 4.53. The van der Waals surface area contributed by atoms with Crippen LogP contribution in [0, 0.1) is 19.3 Å². The molecule has 0 bridgehead atoms. The summed E-state index contributed by atoms with van der Waals surface area (Å²) in [6, 6.07) is 0. The van der Waals surface area contributed by atoms with Gasteiger partial charge in [-0.25, -0.2) is 13.1 Å². The normalized spacial score (nSPS) is 19.1. The Kier molecular flexibility index (Phi) is 4.92. The van der Waals surface area contributed by atoms with Gasteiger partial charge in [0.1, 0.15) is 10.6 Å². The van der Waals surface area contributed by atoms with Crippen LogP contribution in [0.4, 0.5) is 0 Å². The third-order valence-corrected chi connectivity index (χ3v) is 6.91. The highest BCUT2D eigenvalue weighted by atomic mass is 79.9. The first-order valence-electron chi connectivity index (χ1n) is 6.89. The van der Waals surface area contributed by atoms with E-state index in [2.05, 4.69) is 25.8 Å². The predicted octanol–water partition coefficient (Wildman–Crippen LogP) is 2.92. The van der Waals surface area contributed by atoms with Crippen LogP contribution in [0.1, 0.15) is 43.6 Å². The highest BCUT2D eigenvalue weighted by Gasteiger charge is 2.33. The van der Waals surface area contributed by atoms with Crippen molar-refractivity contribution in [3.05, 3.63) is 11.5 Å². The fourth-order valence-corrected chi connectivity index (χ4v) is 5.08. The molecule has 1 heterocycles. The number of hydrogen-bond acceptors (Lipinski definition) is 4. The van der Waals surface area contributed by atoms with Gasteiger partial charge in [-0.2, -0.15) is 0 Å². The molecule has 1 aromatic heterocycles. The van der Waals surface area contributed by atoms with E-state index < -0.39 is 10.0 Å². The van der Waals surface area contributed by atoms with E-state index >= 15 is 0 Å². The van der Waals surface area contributed by atoms with E-state index in [1.165, 1.54) is 19.3 Å². The molecule has 2 rings (SSSR count). The zero-order valence-electron chi connectivity index (χ0n) is 11.9. The average molecular weight is 365 g/mol. The quantitative estimate of drug-likeness (QED) is 0.815. The van der Waals surface area contributed by atoms with E-state index in [4.69, 9.17) is 4.52 Å². The molecule has 0 radical (unpaired) electrons. The largest absolute Gasteiger partial charge is 0.360 e. The van der Waals surface area contributed by atoms with Gasteiger partial charge in [0, 0.05) is 11.9 Å². The summed E-state index contributed by atoms with van der Waals surface area (Å²) >= 11 is 3.55. The molecule has 0 spiro atoms. The molecule has 0 unspecified atom stereocenters. The Morgan fingerprint density at radius 1 is 1.30 bits per heavy atom. The average Bonchev–Trinajstić information content (AvgIpc) is 2.78. The van der Waals surface area contributed by atoms with E-state index in [1.54, 1.807) is 13.8 Å². The lowest BCUT2D eigenvalue weighted by Crippen LogP contribution is -2.40. The van der Waals surface area contributed by atoms with E-state index in [0.717, 1.165) is 18.2 Å². The molecule has 1 aromatic rings. The number of alkyl halides is 1. The molecule has 7 heteroatoms. The maximum Gasteiger partial charge on any atom is 0.245 e. The molecule has 20 heavy (non-hydrogen) atoms. The van der Waals surface area contributed by atoms with E-state index in [0.29, 0.717) is 18.0 Å². The molecule has 1 fully saturated rings. The molecule has 0 aromatic carbocycles. The summed E-state index contributed by atoms with van der Waals surface area (Å²) in [6.45, 7) is 3.73. The van der Waals surface area contributed by atoms with Crippen LogP contribution in [0.25, 0.3) is 0 Å². The van der Waals surface area contributed by atoms with Gasteiger partial charge in [-0.15, -0.1) is 0 Å². The Morgan fingerprint density at radius 2 is 1.95 bits per heavy atom. The SMILES string of the molecule is Cc1noc(C)c1S(=O)(=O)NCC1(CBr)CCCCC1. The Bertz CT molecular complexity index is 543. The first-order valence-corrected chi connectivity index (χ1v) is 9.49. The first kappa shape index (κ1) is 16.0. The summed E-state index contributed by atoms with van der Waals surface area (Å²) in [7, 11) is -3.55. The molecule has 5 nitrogen and oxygen atoms in total. The molecule has 1 saturated carbocycles. The minimum Gasteiger partial charge on any atom is -0.360 e. The van der Waals surface area contributed by atoms with Crippen molar-refractivity contribution in [2.75, 3.05) is 11.9 Å². The van der Waals surface area contributed by atoms with Gasteiger partial charge in [-0.3, -0.25) is 0 Å². The molecule has 1 aliphatic carbocycles. The van der Waals surface area contributed by atoms with Crippen molar-refractivity contribution < 1.29 is 12.9 Å². The second-order valence-corrected chi connectivity index (χ2v) is 7.94. The van der Waals surface area contributed by atoms with Crippen molar-refractivity contribution in [2.45, 2.75) is 50.8 Å². The van der Waals surface area contributed by atoms with Crippen molar-refractivity contribution in [3.8, 4) is 0 Å². The Hall–Kier alpha value is -0.400. The van der Waals surface area contributed by atoms with Crippen LogP contribution in [0.3, 0.4) is 0 Å². The van der Waals surface area contributed by atoms with Crippen LogP contribution in [-0.2, 0) is 10.0 Å². The zero-order chi connectivity index (χ0) is 14.8. The summed E-state index contributed by atoms with van der Waals surface area (Å²) < 4.78 is 32.5. The number of aromatic nitrogens is 1. The van der Waals surface area contributed by atoms with Crippen LogP contribution in [0.2, 0.25) is 0 Å². The third-order valence-electron chi connectivity index (χ3n) is 4.07. The molecule has 0 atom stereocenters. The standard InChI is InChI=1S/C13H21BrN2O3S/c1-10-12(11(2)19-16-10)20(17,18)15-9-13(8-14)6-4-3-5-7-13/h15H,3-9H2,1-2H3. The maximum atomic E-state index is 12.4. The maximum absolute atomic E-state index is 12.4. The van der Waals surface area contributed by atoms with Gasteiger partial charge in [0.2, 0.25) is 10.0 Å². The van der Waals surface area contributed by atoms with Crippen molar-refractivity contribution in [1.82, 2.24) is 9.88 Å². The molecular weight excluding hydrogens is 344 g/mol. The second-order valence-electron chi connectivity index (χ2n) is 5.67. The Labute approximate surface area is 128 Å². The smallest absolute Gasteiger partial charge is 0.245 e. The van der Waals surface area contributed by atoms with E-state index in [1.807, 2.05) is 0 Å². The fourth-order valence-electron chi connectivity index (χ4n) is 2.84. The molecule has 1 N–H and O–H groups in total. The molecule has 0 saturated heterocycles. The first-order chi connectivity index (χ1) is 9.40. The van der Waals surface area contributed by atoms with Crippen LogP contribution in [-0.4, -0.2) is 25.4 Å². The lowest BCUT2D eigenvalue weighted by atomic mass is 9.76. The minimum absolute atomic E-state index is 0.0320. The topological polar surface area (TPSA) is 72.2 Å². The van der Waals surface area contributed by atoms with E-state index in [9.17, 15) is 8.42 Å². The van der Waals surface area contributed by atoms with Crippen LogP contribution >= 0.6 is 15.9 Å². The number of rotatable bonds is 5. The molecule has 1 aliphatic rings. The summed E-state index contributed by atoms with van der Waals surface area (Å²) in [5.74, 6) is 0.339. The van der Waals surface area contributed by atoms with Gasteiger partial charge < -0.3 is 4.52 Å². The number of nitrogens with zero attached hydrogens (tertiary/aromatic N) is 1. The van der Waals surface area contributed by atoms with Gasteiger partial charge in [0.25, 0.3) is 0 Å². The molecule has 114 valence electrons. The fraction of sp³-hybridized carbons (Fsp3) is 0.769. The molecular formula is C13H21BrN2O3S. The minimum atomic E-state index is -3.55. The van der Waals surface area contributed by atoms with E-state index in [-0.39, 0.29) is 10.3 Å². The number of sulfonamides is 1. The van der Waals surface area contributed by atoms with Crippen molar-refractivity contribution in [1.29, 1.82) is 0 Å². The highest BCUT2D eigenvalue weighted by Crippen LogP contribution is 2.37. The zero-order valence-corrected chi connectivity index (χ0v) is 14.3. The lowest BCUT2D eigenvalue weighted by Gasteiger charge is -2.35.